The molecule has 1 aromatic carbocycles. The van der Waals surface area contributed by atoms with Gasteiger partial charge in [0, 0.05) is 30.3 Å². The number of halogens is 1. The first-order valence-electron chi connectivity index (χ1n) is 5.94. The van der Waals surface area contributed by atoms with Crippen molar-refractivity contribution in [3.63, 3.8) is 0 Å². The normalized spacial score (nSPS) is 10.3. The molecule has 0 unspecified atom stereocenters. The lowest BCUT2D eigenvalue weighted by molar-refractivity contribution is 0.794. The summed E-state index contributed by atoms with van der Waals surface area (Å²) in [4.78, 5) is 11.0. The Morgan fingerprint density at radius 1 is 1.17 bits per heavy atom. The number of nitrogens with zero attached hydrogens (tertiary/aromatic N) is 3. The van der Waals surface area contributed by atoms with Crippen LogP contribution in [0, 0.1) is 6.92 Å². The lowest BCUT2D eigenvalue weighted by Gasteiger charge is -2.21. The number of rotatable bonds is 5. The summed E-state index contributed by atoms with van der Waals surface area (Å²) in [5.74, 6) is 0.790. The van der Waals surface area contributed by atoms with Gasteiger partial charge in [0.1, 0.15) is 0 Å². The zero-order chi connectivity index (χ0) is 12.8. The number of hydrogen-bond acceptors (Lipinski definition) is 3. The fraction of sp³-hybridized carbons (Fsp3) is 0.286. The monoisotopic (exact) mass is 305 g/mol. The van der Waals surface area contributed by atoms with E-state index in [9.17, 15) is 0 Å². The molecule has 0 fully saturated rings. The summed E-state index contributed by atoms with van der Waals surface area (Å²) >= 11 is 3.48. The Labute approximate surface area is 116 Å². The lowest BCUT2D eigenvalue weighted by atomic mass is 10.2. The Balaban J connectivity index is 2.18. The van der Waals surface area contributed by atoms with Crippen LogP contribution in [-0.2, 0) is 6.54 Å². The second-order valence-electron chi connectivity index (χ2n) is 4.09. The van der Waals surface area contributed by atoms with Gasteiger partial charge in [-0.25, -0.2) is 9.97 Å². The number of anilines is 1. The Morgan fingerprint density at radius 2 is 1.94 bits per heavy atom. The Bertz CT molecular complexity index is 487. The minimum atomic E-state index is 0.790. The van der Waals surface area contributed by atoms with Gasteiger partial charge in [-0.05, 0) is 18.6 Å². The summed E-state index contributed by atoms with van der Waals surface area (Å²) in [5.41, 5.74) is 2.26. The maximum absolute atomic E-state index is 4.48. The zero-order valence-electron chi connectivity index (χ0n) is 10.4. The van der Waals surface area contributed by atoms with Gasteiger partial charge in [-0.1, -0.05) is 46.3 Å². The molecule has 0 radical (unpaired) electrons. The summed E-state index contributed by atoms with van der Waals surface area (Å²) in [6, 6.07) is 12.3. The molecule has 18 heavy (non-hydrogen) atoms. The standard InChI is InChI=1S/C14H16BrN3/c1-12-7-9-16-14(17-12)18(10-8-15)11-13-5-3-2-4-6-13/h2-7,9H,8,10-11H2,1H3. The summed E-state index contributed by atoms with van der Waals surface area (Å²) in [6.07, 6.45) is 1.81. The molecule has 2 rings (SSSR count). The van der Waals surface area contributed by atoms with Crippen LogP contribution in [0.15, 0.2) is 42.6 Å². The van der Waals surface area contributed by atoms with Gasteiger partial charge in [0.15, 0.2) is 0 Å². The molecule has 0 saturated carbocycles. The first kappa shape index (κ1) is 13.0. The van der Waals surface area contributed by atoms with Crippen LogP contribution < -0.4 is 4.90 Å². The molecular weight excluding hydrogens is 290 g/mol. The van der Waals surface area contributed by atoms with E-state index in [4.69, 9.17) is 0 Å². The van der Waals surface area contributed by atoms with Crippen molar-refractivity contribution in [2.45, 2.75) is 13.5 Å². The van der Waals surface area contributed by atoms with Crippen LogP contribution in [0.25, 0.3) is 0 Å². The third-order valence-electron chi connectivity index (χ3n) is 2.64. The molecule has 0 bridgehead atoms. The van der Waals surface area contributed by atoms with Gasteiger partial charge in [0.2, 0.25) is 5.95 Å². The van der Waals surface area contributed by atoms with E-state index in [-0.39, 0.29) is 0 Å². The number of aryl methyl sites for hydroxylation is 1. The molecule has 0 amide bonds. The van der Waals surface area contributed by atoms with Crippen LogP contribution >= 0.6 is 15.9 Å². The minimum absolute atomic E-state index is 0.790. The van der Waals surface area contributed by atoms with Crippen molar-refractivity contribution in [1.29, 1.82) is 0 Å². The van der Waals surface area contributed by atoms with Gasteiger partial charge < -0.3 is 4.90 Å². The summed E-state index contributed by atoms with van der Waals surface area (Å²) < 4.78 is 0. The average molecular weight is 306 g/mol. The molecule has 0 aliphatic carbocycles. The van der Waals surface area contributed by atoms with Gasteiger partial charge in [-0.2, -0.15) is 0 Å². The second kappa shape index (κ2) is 6.50. The van der Waals surface area contributed by atoms with E-state index in [1.807, 2.05) is 25.3 Å². The van der Waals surface area contributed by atoms with Crippen molar-refractivity contribution in [1.82, 2.24) is 9.97 Å². The van der Waals surface area contributed by atoms with Crippen molar-refractivity contribution in [2.24, 2.45) is 0 Å². The van der Waals surface area contributed by atoms with E-state index < -0.39 is 0 Å². The summed E-state index contributed by atoms with van der Waals surface area (Å²) in [5, 5.41) is 0.900. The average Bonchev–Trinajstić information content (AvgIpc) is 2.39. The molecule has 4 heteroatoms. The van der Waals surface area contributed by atoms with E-state index in [1.165, 1.54) is 5.56 Å². The molecule has 94 valence electrons. The van der Waals surface area contributed by atoms with E-state index in [1.54, 1.807) is 0 Å². The fourth-order valence-corrected chi connectivity index (χ4v) is 2.17. The van der Waals surface area contributed by atoms with Crippen LogP contribution in [-0.4, -0.2) is 21.8 Å². The molecule has 2 aromatic rings. The van der Waals surface area contributed by atoms with E-state index >= 15 is 0 Å². The van der Waals surface area contributed by atoms with Gasteiger partial charge in [-0.15, -0.1) is 0 Å². The van der Waals surface area contributed by atoms with Crippen molar-refractivity contribution in [3.05, 3.63) is 53.9 Å². The highest BCUT2D eigenvalue weighted by molar-refractivity contribution is 9.09. The summed E-state index contributed by atoms with van der Waals surface area (Å²) in [6.45, 7) is 3.70. The van der Waals surface area contributed by atoms with Crippen molar-refractivity contribution >= 4 is 21.9 Å². The highest BCUT2D eigenvalue weighted by atomic mass is 79.9. The number of alkyl halides is 1. The predicted octanol–water partition coefficient (Wildman–Crippen LogP) is 3.19. The van der Waals surface area contributed by atoms with Gasteiger partial charge >= 0.3 is 0 Å². The van der Waals surface area contributed by atoms with Crippen LogP contribution in [0.4, 0.5) is 5.95 Å². The van der Waals surface area contributed by atoms with Crippen molar-refractivity contribution in [3.8, 4) is 0 Å². The Morgan fingerprint density at radius 3 is 2.61 bits per heavy atom. The first-order valence-corrected chi connectivity index (χ1v) is 7.06. The second-order valence-corrected chi connectivity index (χ2v) is 4.89. The van der Waals surface area contributed by atoms with Crippen molar-refractivity contribution < 1.29 is 0 Å². The molecule has 0 spiro atoms. The first-order chi connectivity index (χ1) is 8.79. The third kappa shape index (κ3) is 3.53. The Hall–Kier alpha value is -1.42. The molecule has 0 atom stereocenters. The number of hydrogen-bond donors (Lipinski definition) is 0. The molecule has 1 heterocycles. The molecule has 0 aliphatic rings. The topological polar surface area (TPSA) is 29.0 Å². The molecule has 0 saturated heterocycles. The van der Waals surface area contributed by atoms with Crippen LogP contribution in [0.2, 0.25) is 0 Å². The summed E-state index contributed by atoms with van der Waals surface area (Å²) in [7, 11) is 0. The molecule has 3 nitrogen and oxygen atoms in total. The van der Waals surface area contributed by atoms with Gasteiger partial charge in [0.05, 0.1) is 0 Å². The van der Waals surface area contributed by atoms with Gasteiger partial charge in [-0.3, -0.25) is 0 Å². The number of aromatic nitrogens is 2. The minimum Gasteiger partial charge on any atom is -0.336 e. The Kier molecular flexibility index (Phi) is 4.70. The highest BCUT2D eigenvalue weighted by Gasteiger charge is 2.09. The van der Waals surface area contributed by atoms with Crippen molar-refractivity contribution in [2.75, 3.05) is 16.8 Å². The molecular formula is C14H16BrN3. The fourth-order valence-electron chi connectivity index (χ4n) is 1.74. The largest absolute Gasteiger partial charge is 0.336 e. The predicted molar refractivity (Wildman–Crippen MR) is 78.1 cm³/mol. The SMILES string of the molecule is Cc1ccnc(N(CCBr)Cc2ccccc2)n1. The maximum Gasteiger partial charge on any atom is 0.225 e. The maximum atomic E-state index is 4.48. The third-order valence-corrected chi connectivity index (χ3v) is 2.99. The van der Waals surface area contributed by atoms with E-state index in [2.05, 4.69) is 55.1 Å². The quantitative estimate of drug-likeness (QED) is 0.795. The van der Waals surface area contributed by atoms with Crippen LogP contribution in [0.1, 0.15) is 11.3 Å². The number of benzene rings is 1. The molecule has 0 aliphatic heterocycles. The smallest absolute Gasteiger partial charge is 0.225 e. The molecule has 0 N–H and O–H groups in total. The zero-order valence-corrected chi connectivity index (χ0v) is 12.0. The lowest BCUT2D eigenvalue weighted by Crippen LogP contribution is -2.26. The van der Waals surface area contributed by atoms with E-state index in [0.717, 1.165) is 30.1 Å². The van der Waals surface area contributed by atoms with Crippen LogP contribution in [0.3, 0.4) is 0 Å². The highest BCUT2D eigenvalue weighted by Crippen LogP contribution is 2.12. The molecule has 1 aromatic heterocycles. The van der Waals surface area contributed by atoms with Gasteiger partial charge in [0.25, 0.3) is 0 Å². The van der Waals surface area contributed by atoms with E-state index in [0.29, 0.717) is 0 Å². The van der Waals surface area contributed by atoms with Crippen LogP contribution in [0.5, 0.6) is 0 Å².